The smallest absolute Gasteiger partial charge is 0.475 e. The lowest BCUT2D eigenvalue weighted by Crippen LogP contribution is -2.31. The summed E-state index contributed by atoms with van der Waals surface area (Å²) >= 11 is 0. The molecule has 1 saturated heterocycles. The van der Waals surface area contributed by atoms with Crippen molar-refractivity contribution in [2.24, 2.45) is 11.3 Å². The van der Waals surface area contributed by atoms with Gasteiger partial charge in [0.25, 0.3) is 0 Å². The summed E-state index contributed by atoms with van der Waals surface area (Å²) in [5.74, 6) is -2.84. The number of pyridine rings is 1. The maximum absolute atomic E-state index is 12.9. The average Bonchev–Trinajstić information content (AvgIpc) is 3.31. The van der Waals surface area contributed by atoms with Gasteiger partial charge in [-0.05, 0) is 60.6 Å². The number of carboxylic acids is 1. The van der Waals surface area contributed by atoms with E-state index in [-0.39, 0.29) is 17.2 Å². The third kappa shape index (κ3) is 5.92. The van der Waals surface area contributed by atoms with Crippen LogP contribution in [0.25, 0.3) is 0 Å². The number of nitrogens with one attached hydrogen (secondary N) is 1. The van der Waals surface area contributed by atoms with Crippen molar-refractivity contribution < 1.29 is 36.3 Å². The number of halogens is 3. The van der Waals surface area contributed by atoms with E-state index in [1.54, 1.807) is 30.6 Å². The van der Waals surface area contributed by atoms with Gasteiger partial charge in [0, 0.05) is 37.9 Å². The third-order valence-corrected chi connectivity index (χ3v) is 7.78. The molecule has 1 aliphatic heterocycles. The zero-order valence-electron chi connectivity index (χ0n) is 18.2. The van der Waals surface area contributed by atoms with Crippen LogP contribution in [0.3, 0.4) is 0 Å². The van der Waals surface area contributed by atoms with Crippen LogP contribution in [-0.4, -0.2) is 54.0 Å². The molecule has 1 aliphatic carbocycles. The second-order valence-electron chi connectivity index (χ2n) is 8.40. The number of aromatic nitrogens is 1. The Labute approximate surface area is 194 Å². The number of hydrogen-bond donors (Lipinski definition) is 2. The molecule has 12 heteroatoms. The van der Waals surface area contributed by atoms with Crippen LogP contribution in [-0.2, 0) is 26.2 Å². The molecular weight excluding hydrogens is 475 g/mol. The van der Waals surface area contributed by atoms with Crippen LogP contribution in [0.5, 0.6) is 0 Å². The Morgan fingerprint density at radius 1 is 1.24 bits per heavy atom. The molecule has 1 spiro atoms. The Hall–Kier alpha value is -2.99. The van der Waals surface area contributed by atoms with Crippen LogP contribution in [0.2, 0.25) is 0 Å². The first kappa shape index (κ1) is 25.6. The van der Waals surface area contributed by atoms with Crippen molar-refractivity contribution in [1.29, 1.82) is 0 Å². The van der Waals surface area contributed by atoms with E-state index in [0.29, 0.717) is 24.5 Å². The van der Waals surface area contributed by atoms with Gasteiger partial charge >= 0.3 is 12.1 Å². The fourth-order valence-corrected chi connectivity index (χ4v) is 5.61. The van der Waals surface area contributed by atoms with Gasteiger partial charge in [0.15, 0.2) is 0 Å². The number of nitrogens with zero attached hydrogens (tertiary/aromatic N) is 2. The van der Waals surface area contributed by atoms with Gasteiger partial charge in [-0.2, -0.15) is 17.5 Å². The highest BCUT2D eigenvalue weighted by molar-refractivity contribution is 7.89. The Balaban J connectivity index is 0.000000406. The second-order valence-corrected chi connectivity index (χ2v) is 10.3. The zero-order chi connectivity index (χ0) is 25.1. The number of sulfonamides is 1. The van der Waals surface area contributed by atoms with Crippen LogP contribution >= 0.6 is 0 Å². The fourth-order valence-electron chi connectivity index (χ4n) is 3.97. The van der Waals surface area contributed by atoms with Gasteiger partial charge in [-0.3, -0.25) is 9.78 Å². The number of alkyl halides is 3. The standard InChI is InChI=1S/C20H23N3O3S.C2HF3O2/c1-15-3-2-4-17(11-15)27(25,26)23-10-7-20(14-23)12-18(20)19(24)22-13-16-5-8-21-9-6-16;3-2(4,5)1(6)7/h2-6,8-9,11,18H,7,10,12-14H2,1H3,(H,22,24);(H,6,7). The van der Waals surface area contributed by atoms with E-state index in [4.69, 9.17) is 9.90 Å². The number of carboxylic acid groups (broad SMARTS) is 1. The molecule has 184 valence electrons. The lowest BCUT2D eigenvalue weighted by atomic mass is 10.0. The maximum atomic E-state index is 12.9. The lowest BCUT2D eigenvalue weighted by molar-refractivity contribution is -0.192. The summed E-state index contributed by atoms with van der Waals surface area (Å²) in [5, 5.41) is 10.1. The van der Waals surface area contributed by atoms with E-state index in [0.717, 1.165) is 24.0 Å². The zero-order valence-corrected chi connectivity index (χ0v) is 19.1. The maximum Gasteiger partial charge on any atom is 0.490 e. The van der Waals surface area contributed by atoms with Crippen molar-refractivity contribution in [2.75, 3.05) is 13.1 Å². The SMILES string of the molecule is Cc1cccc(S(=O)(=O)N2CCC3(CC3C(=O)NCc3ccncc3)C2)c1.O=C(O)C(F)(F)F. The minimum absolute atomic E-state index is 0.0154. The number of amides is 1. The summed E-state index contributed by atoms with van der Waals surface area (Å²) in [6.07, 6.45) is -0.184. The van der Waals surface area contributed by atoms with Crippen LogP contribution in [0.15, 0.2) is 53.7 Å². The minimum atomic E-state index is -5.08. The number of carbonyl (C=O) groups is 2. The van der Waals surface area contributed by atoms with E-state index < -0.39 is 22.2 Å². The van der Waals surface area contributed by atoms with Crippen molar-refractivity contribution in [1.82, 2.24) is 14.6 Å². The molecule has 0 radical (unpaired) electrons. The van der Waals surface area contributed by atoms with Crippen molar-refractivity contribution in [3.05, 3.63) is 59.9 Å². The van der Waals surface area contributed by atoms with E-state index >= 15 is 0 Å². The van der Waals surface area contributed by atoms with Gasteiger partial charge in [-0.1, -0.05) is 12.1 Å². The van der Waals surface area contributed by atoms with Crippen LogP contribution in [0.1, 0.15) is 24.0 Å². The first-order valence-electron chi connectivity index (χ1n) is 10.4. The summed E-state index contributed by atoms with van der Waals surface area (Å²) < 4.78 is 59.1. The van der Waals surface area contributed by atoms with Crippen molar-refractivity contribution in [3.63, 3.8) is 0 Å². The molecule has 2 aliphatic rings. The summed E-state index contributed by atoms with van der Waals surface area (Å²) in [6.45, 7) is 3.26. The lowest BCUT2D eigenvalue weighted by Gasteiger charge is -2.17. The molecule has 4 rings (SSSR count). The van der Waals surface area contributed by atoms with E-state index in [1.165, 1.54) is 4.31 Å². The number of aryl methyl sites for hydroxylation is 1. The van der Waals surface area contributed by atoms with Gasteiger partial charge in [0.2, 0.25) is 15.9 Å². The molecule has 1 aromatic carbocycles. The highest BCUT2D eigenvalue weighted by Crippen LogP contribution is 2.59. The van der Waals surface area contributed by atoms with E-state index in [1.807, 2.05) is 25.1 Å². The van der Waals surface area contributed by atoms with Crippen LogP contribution < -0.4 is 5.32 Å². The van der Waals surface area contributed by atoms with Crippen LogP contribution in [0, 0.1) is 18.3 Å². The molecule has 1 amide bonds. The fraction of sp³-hybridized carbons (Fsp3) is 0.409. The van der Waals surface area contributed by atoms with Crippen molar-refractivity contribution in [3.8, 4) is 0 Å². The quantitative estimate of drug-likeness (QED) is 0.654. The van der Waals surface area contributed by atoms with Gasteiger partial charge in [-0.15, -0.1) is 0 Å². The monoisotopic (exact) mass is 499 g/mol. The molecule has 34 heavy (non-hydrogen) atoms. The molecule has 1 saturated carbocycles. The highest BCUT2D eigenvalue weighted by atomic mass is 32.2. The van der Waals surface area contributed by atoms with Gasteiger partial charge < -0.3 is 10.4 Å². The number of carbonyl (C=O) groups excluding carboxylic acids is 1. The predicted molar refractivity (Wildman–Crippen MR) is 115 cm³/mol. The van der Waals surface area contributed by atoms with Gasteiger partial charge in [0.05, 0.1) is 4.90 Å². The molecule has 2 aromatic rings. The van der Waals surface area contributed by atoms with Gasteiger partial charge in [-0.25, -0.2) is 13.2 Å². The molecular formula is C22H24F3N3O5S. The summed E-state index contributed by atoms with van der Waals surface area (Å²) in [6, 6.07) is 10.7. The molecule has 2 heterocycles. The molecule has 1 aromatic heterocycles. The molecule has 2 fully saturated rings. The Bertz CT molecular complexity index is 1160. The summed E-state index contributed by atoms with van der Waals surface area (Å²) in [7, 11) is -3.50. The van der Waals surface area contributed by atoms with Crippen molar-refractivity contribution >= 4 is 21.9 Å². The number of rotatable bonds is 5. The second kappa shape index (κ2) is 9.71. The van der Waals surface area contributed by atoms with Crippen molar-refractivity contribution in [2.45, 2.75) is 37.4 Å². The molecule has 2 N–H and O–H groups in total. The largest absolute Gasteiger partial charge is 0.490 e. The topological polar surface area (TPSA) is 117 Å². The molecule has 2 unspecified atom stereocenters. The van der Waals surface area contributed by atoms with Gasteiger partial charge in [0.1, 0.15) is 0 Å². The third-order valence-electron chi connectivity index (χ3n) is 5.94. The highest BCUT2D eigenvalue weighted by Gasteiger charge is 2.62. The Morgan fingerprint density at radius 2 is 1.88 bits per heavy atom. The van der Waals surface area contributed by atoms with Crippen LogP contribution in [0.4, 0.5) is 13.2 Å². The number of hydrogen-bond acceptors (Lipinski definition) is 5. The first-order valence-corrected chi connectivity index (χ1v) is 11.8. The summed E-state index contributed by atoms with van der Waals surface area (Å²) in [4.78, 5) is 25.7. The number of benzene rings is 1. The van der Waals surface area contributed by atoms with E-state index in [2.05, 4.69) is 10.3 Å². The normalized spacial score (nSPS) is 22.1. The van der Waals surface area contributed by atoms with E-state index in [9.17, 15) is 26.4 Å². The molecule has 0 bridgehead atoms. The minimum Gasteiger partial charge on any atom is -0.475 e. The molecule has 2 atom stereocenters. The number of aliphatic carboxylic acids is 1. The summed E-state index contributed by atoms with van der Waals surface area (Å²) in [5.41, 5.74) is 1.73. The first-order chi connectivity index (χ1) is 15.8. The Kier molecular flexibility index (Phi) is 7.32. The Morgan fingerprint density at radius 3 is 2.47 bits per heavy atom. The molecule has 8 nitrogen and oxygen atoms in total. The predicted octanol–water partition coefficient (Wildman–Crippen LogP) is 2.74. The average molecular weight is 500 g/mol.